The van der Waals surface area contributed by atoms with Crippen molar-refractivity contribution in [3.05, 3.63) is 65.0 Å². The summed E-state index contributed by atoms with van der Waals surface area (Å²) in [5.41, 5.74) is 5.40. The van der Waals surface area contributed by atoms with Gasteiger partial charge >= 0.3 is 0 Å². The Balaban J connectivity index is 1.56. The molecule has 6 nitrogen and oxygen atoms in total. The molecule has 1 aromatic heterocycles. The van der Waals surface area contributed by atoms with E-state index in [2.05, 4.69) is 46.8 Å². The summed E-state index contributed by atoms with van der Waals surface area (Å²) in [6, 6.07) is 14.3. The maximum atomic E-state index is 12.5. The van der Waals surface area contributed by atoms with E-state index in [9.17, 15) is 4.79 Å². The molecule has 0 radical (unpaired) electrons. The molecule has 29 heavy (non-hydrogen) atoms. The molecule has 0 fully saturated rings. The van der Waals surface area contributed by atoms with Crippen LogP contribution in [-0.2, 0) is 24.8 Å². The molecule has 0 spiro atoms. The number of hydrogen-bond donors (Lipinski definition) is 2. The third-order valence-corrected chi connectivity index (χ3v) is 5.78. The van der Waals surface area contributed by atoms with Crippen molar-refractivity contribution >= 4 is 29.0 Å². The van der Waals surface area contributed by atoms with Crippen molar-refractivity contribution in [3.8, 4) is 0 Å². The molecule has 1 amide bonds. The summed E-state index contributed by atoms with van der Waals surface area (Å²) in [5, 5.41) is 15.6. The van der Waals surface area contributed by atoms with Gasteiger partial charge in [0, 0.05) is 18.4 Å². The number of amides is 1. The van der Waals surface area contributed by atoms with Crippen LogP contribution in [0.3, 0.4) is 0 Å². The molecule has 3 aromatic rings. The predicted molar refractivity (Wildman–Crippen MR) is 119 cm³/mol. The minimum Gasteiger partial charge on any atom is -0.378 e. The second-order valence-corrected chi connectivity index (χ2v) is 7.92. The first-order valence-electron chi connectivity index (χ1n) is 9.68. The fourth-order valence-corrected chi connectivity index (χ4v) is 3.71. The lowest BCUT2D eigenvalue weighted by molar-refractivity contribution is -0.113. The third kappa shape index (κ3) is 5.38. The molecule has 0 saturated heterocycles. The quantitative estimate of drug-likeness (QED) is 0.542. The van der Waals surface area contributed by atoms with Crippen molar-refractivity contribution in [3.63, 3.8) is 0 Å². The maximum absolute atomic E-state index is 12.5. The molecule has 3 rings (SSSR count). The number of rotatable bonds is 8. The van der Waals surface area contributed by atoms with Crippen molar-refractivity contribution in [2.24, 2.45) is 7.05 Å². The standard InChI is InChI=1S/C22H27N5OS/c1-5-17-8-6-7-16(3)21(17)24-20(28)14-29-22-26-25-19(27(22)4)13-23-18-11-9-15(2)10-12-18/h6-12,23H,5,13-14H2,1-4H3,(H,24,28). The Hall–Kier alpha value is -2.80. The van der Waals surface area contributed by atoms with Gasteiger partial charge < -0.3 is 15.2 Å². The maximum Gasteiger partial charge on any atom is 0.234 e. The second kappa shape index (κ2) is 9.60. The van der Waals surface area contributed by atoms with E-state index in [1.807, 2.05) is 48.9 Å². The molecule has 0 atom stereocenters. The van der Waals surface area contributed by atoms with E-state index in [1.165, 1.54) is 17.3 Å². The van der Waals surface area contributed by atoms with E-state index < -0.39 is 0 Å². The average molecular weight is 410 g/mol. The van der Waals surface area contributed by atoms with Crippen LogP contribution in [0.2, 0.25) is 0 Å². The lowest BCUT2D eigenvalue weighted by Crippen LogP contribution is -2.16. The van der Waals surface area contributed by atoms with E-state index in [1.54, 1.807) is 0 Å². The Bertz CT molecular complexity index is 981. The van der Waals surface area contributed by atoms with Gasteiger partial charge in [-0.25, -0.2) is 0 Å². The number of thioether (sulfide) groups is 1. The number of nitrogens with zero attached hydrogens (tertiary/aromatic N) is 3. The minimum atomic E-state index is -0.0404. The zero-order valence-electron chi connectivity index (χ0n) is 17.3. The van der Waals surface area contributed by atoms with Gasteiger partial charge in [-0.2, -0.15) is 0 Å². The summed E-state index contributed by atoms with van der Waals surface area (Å²) in [5.74, 6) is 1.07. The summed E-state index contributed by atoms with van der Waals surface area (Å²) < 4.78 is 1.92. The summed E-state index contributed by atoms with van der Waals surface area (Å²) in [7, 11) is 1.92. The summed E-state index contributed by atoms with van der Waals surface area (Å²) in [4.78, 5) is 12.5. The monoisotopic (exact) mass is 409 g/mol. The largest absolute Gasteiger partial charge is 0.378 e. The molecule has 7 heteroatoms. The fourth-order valence-electron chi connectivity index (χ4n) is 2.98. The normalized spacial score (nSPS) is 10.8. The number of nitrogens with one attached hydrogen (secondary N) is 2. The molecule has 0 aliphatic carbocycles. The van der Waals surface area contributed by atoms with Gasteiger partial charge in [-0.05, 0) is 43.5 Å². The lowest BCUT2D eigenvalue weighted by Gasteiger charge is -2.12. The molecule has 0 aliphatic rings. The highest BCUT2D eigenvalue weighted by molar-refractivity contribution is 7.99. The summed E-state index contributed by atoms with van der Waals surface area (Å²) in [6.45, 7) is 6.74. The molecular formula is C22H27N5OS. The zero-order valence-corrected chi connectivity index (χ0v) is 18.1. The Morgan fingerprint density at radius 1 is 1.10 bits per heavy atom. The number of aryl methyl sites for hydroxylation is 3. The SMILES string of the molecule is CCc1cccc(C)c1NC(=O)CSc1nnc(CNc2ccc(C)cc2)n1C. The fraction of sp³-hybridized carbons (Fsp3) is 0.318. The number of benzene rings is 2. The molecule has 2 N–H and O–H groups in total. The van der Waals surface area contributed by atoms with Gasteiger partial charge in [0.25, 0.3) is 0 Å². The number of para-hydroxylation sites is 1. The first-order valence-corrected chi connectivity index (χ1v) is 10.7. The van der Waals surface area contributed by atoms with Crippen LogP contribution in [0.4, 0.5) is 11.4 Å². The topological polar surface area (TPSA) is 71.8 Å². The van der Waals surface area contributed by atoms with Crippen molar-refractivity contribution in [1.29, 1.82) is 0 Å². The molecule has 0 aliphatic heterocycles. The van der Waals surface area contributed by atoms with Crippen LogP contribution in [0.5, 0.6) is 0 Å². The molecule has 152 valence electrons. The summed E-state index contributed by atoms with van der Waals surface area (Å²) in [6.07, 6.45) is 0.880. The predicted octanol–water partition coefficient (Wildman–Crippen LogP) is 4.34. The number of anilines is 2. The van der Waals surface area contributed by atoms with Crippen LogP contribution in [0.1, 0.15) is 29.4 Å². The van der Waals surface area contributed by atoms with E-state index in [0.29, 0.717) is 6.54 Å². The zero-order chi connectivity index (χ0) is 20.8. The first-order chi connectivity index (χ1) is 14.0. The van der Waals surface area contributed by atoms with Gasteiger partial charge in [0.05, 0.1) is 12.3 Å². The third-order valence-electron chi connectivity index (χ3n) is 4.76. The number of carbonyl (C=O) groups excluding carboxylic acids is 1. The van der Waals surface area contributed by atoms with E-state index in [4.69, 9.17) is 0 Å². The molecule has 0 bridgehead atoms. The highest BCUT2D eigenvalue weighted by atomic mass is 32.2. The molecule has 2 aromatic carbocycles. The van der Waals surface area contributed by atoms with Crippen LogP contribution < -0.4 is 10.6 Å². The van der Waals surface area contributed by atoms with E-state index in [-0.39, 0.29) is 11.7 Å². The summed E-state index contributed by atoms with van der Waals surface area (Å²) >= 11 is 1.39. The average Bonchev–Trinajstić information content (AvgIpc) is 3.07. The Kier molecular flexibility index (Phi) is 6.93. The molecule has 0 unspecified atom stereocenters. The van der Waals surface area contributed by atoms with E-state index in [0.717, 1.165) is 39.9 Å². The van der Waals surface area contributed by atoms with Crippen LogP contribution in [0.15, 0.2) is 47.6 Å². The van der Waals surface area contributed by atoms with Crippen LogP contribution in [0, 0.1) is 13.8 Å². The number of hydrogen-bond acceptors (Lipinski definition) is 5. The number of aromatic nitrogens is 3. The lowest BCUT2D eigenvalue weighted by atomic mass is 10.1. The van der Waals surface area contributed by atoms with E-state index >= 15 is 0 Å². The Morgan fingerprint density at radius 3 is 2.59 bits per heavy atom. The van der Waals surface area contributed by atoms with Gasteiger partial charge in [-0.15, -0.1) is 10.2 Å². The molecule has 1 heterocycles. The van der Waals surface area contributed by atoms with Crippen molar-refractivity contribution in [1.82, 2.24) is 14.8 Å². The molecular weight excluding hydrogens is 382 g/mol. The minimum absolute atomic E-state index is 0.0404. The number of carbonyl (C=O) groups is 1. The van der Waals surface area contributed by atoms with Crippen molar-refractivity contribution in [2.75, 3.05) is 16.4 Å². The van der Waals surface area contributed by atoms with Gasteiger partial charge in [0.2, 0.25) is 5.91 Å². The van der Waals surface area contributed by atoms with Crippen LogP contribution in [-0.4, -0.2) is 26.4 Å². The van der Waals surface area contributed by atoms with Crippen molar-refractivity contribution in [2.45, 2.75) is 38.9 Å². The van der Waals surface area contributed by atoms with Crippen LogP contribution >= 0.6 is 11.8 Å². The van der Waals surface area contributed by atoms with Gasteiger partial charge in [0.15, 0.2) is 11.0 Å². The smallest absolute Gasteiger partial charge is 0.234 e. The highest BCUT2D eigenvalue weighted by Gasteiger charge is 2.13. The Morgan fingerprint density at radius 2 is 1.86 bits per heavy atom. The van der Waals surface area contributed by atoms with Gasteiger partial charge in [-0.3, -0.25) is 4.79 Å². The van der Waals surface area contributed by atoms with Gasteiger partial charge in [0.1, 0.15) is 0 Å². The van der Waals surface area contributed by atoms with Gasteiger partial charge in [-0.1, -0.05) is 54.6 Å². The second-order valence-electron chi connectivity index (χ2n) is 6.98. The first kappa shape index (κ1) is 20.9. The van der Waals surface area contributed by atoms with Crippen LogP contribution in [0.25, 0.3) is 0 Å². The van der Waals surface area contributed by atoms with Crippen molar-refractivity contribution < 1.29 is 4.79 Å². The molecule has 0 saturated carbocycles. The Labute approximate surface area is 176 Å². The highest BCUT2D eigenvalue weighted by Crippen LogP contribution is 2.22.